The molecule has 0 radical (unpaired) electrons. The summed E-state index contributed by atoms with van der Waals surface area (Å²) in [5.41, 5.74) is 0.819. The summed E-state index contributed by atoms with van der Waals surface area (Å²) in [7, 11) is 0. The van der Waals surface area contributed by atoms with Gasteiger partial charge >= 0.3 is 0 Å². The fraction of sp³-hybridized carbons (Fsp3) is 0.600. The number of thiocarbonyl (C=S) groups is 1. The van der Waals surface area contributed by atoms with Crippen LogP contribution in [0.1, 0.15) is 48.9 Å². The molecule has 0 bridgehead atoms. The van der Waals surface area contributed by atoms with Gasteiger partial charge in [0.05, 0.1) is 0 Å². The van der Waals surface area contributed by atoms with Crippen molar-refractivity contribution in [3.8, 4) is 0 Å². The van der Waals surface area contributed by atoms with Gasteiger partial charge < -0.3 is 10.2 Å². The van der Waals surface area contributed by atoms with Crippen LogP contribution in [0.5, 0.6) is 0 Å². The zero-order chi connectivity index (χ0) is 17.5. The van der Waals surface area contributed by atoms with E-state index in [0.717, 1.165) is 43.4 Å². The zero-order valence-electron chi connectivity index (χ0n) is 15.0. The number of hydrogen-bond acceptors (Lipinski definition) is 3. The third-order valence-electron chi connectivity index (χ3n) is 5.34. The molecule has 0 atom stereocenters. The van der Waals surface area contributed by atoms with Gasteiger partial charge in [-0.2, -0.15) is 0 Å². The monoisotopic (exact) mass is 359 g/mol. The Labute approximate surface area is 156 Å². The largest absolute Gasteiger partial charge is 0.360 e. The smallest absolute Gasteiger partial charge is 0.169 e. The second kappa shape index (κ2) is 9.30. The van der Waals surface area contributed by atoms with E-state index in [1.54, 1.807) is 0 Å². The number of rotatable bonds is 5. The van der Waals surface area contributed by atoms with Crippen molar-refractivity contribution >= 4 is 23.1 Å². The zero-order valence-corrected chi connectivity index (χ0v) is 15.8. The predicted octanol–water partition coefficient (Wildman–Crippen LogP) is 3.08. The lowest BCUT2D eigenvalue weighted by Crippen LogP contribution is -2.53. The first-order valence-electron chi connectivity index (χ1n) is 9.58. The normalized spacial score (nSPS) is 19.6. The van der Waals surface area contributed by atoms with Gasteiger partial charge in [-0.1, -0.05) is 49.6 Å². The van der Waals surface area contributed by atoms with Gasteiger partial charge in [0.15, 0.2) is 10.9 Å². The Morgan fingerprint density at radius 3 is 2.40 bits per heavy atom. The van der Waals surface area contributed by atoms with Crippen LogP contribution >= 0.6 is 12.2 Å². The third-order valence-corrected chi connectivity index (χ3v) is 5.72. The molecule has 1 N–H and O–H groups in total. The average Bonchev–Trinajstić information content (AvgIpc) is 2.68. The van der Waals surface area contributed by atoms with Crippen molar-refractivity contribution in [1.82, 2.24) is 15.1 Å². The van der Waals surface area contributed by atoms with Crippen molar-refractivity contribution in [2.24, 2.45) is 0 Å². The lowest BCUT2D eigenvalue weighted by Gasteiger charge is -2.37. The van der Waals surface area contributed by atoms with Gasteiger partial charge in [-0.15, -0.1) is 0 Å². The van der Waals surface area contributed by atoms with Crippen molar-refractivity contribution in [2.45, 2.75) is 44.6 Å². The Morgan fingerprint density at radius 1 is 1.04 bits per heavy atom. The Hall–Kier alpha value is -1.46. The number of hydrogen-bond donors (Lipinski definition) is 1. The number of nitrogens with one attached hydrogen (secondary N) is 1. The SMILES string of the molecule is O=C(CCN1CCN(C(=S)NC2CCCCC2)CC1)c1ccccc1. The number of nitrogens with zero attached hydrogens (tertiary/aromatic N) is 2. The van der Waals surface area contributed by atoms with E-state index in [1.165, 1.54) is 32.1 Å². The molecule has 0 unspecified atom stereocenters. The van der Waals surface area contributed by atoms with E-state index in [1.807, 2.05) is 30.3 Å². The molecule has 1 saturated carbocycles. The Morgan fingerprint density at radius 2 is 1.72 bits per heavy atom. The van der Waals surface area contributed by atoms with Crippen molar-refractivity contribution in [3.05, 3.63) is 35.9 Å². The highest BCUT2D eigenvalue weighted by Gasteiger charge is 2.22. The molecule has 2 aliphatic rings. The minimum atomic E-state index is 0.234. The van der Waals surface area contributed by atoms with E-state index in [0.29, 0.717) is 12.5 Å². The summed E-state index contributed by atoms with van der Waals surface area (Å²) in [6, 6.07) is 10.2. The fourth-order valence-corrected chi connectivity index (χ4v) is 4.06. The second-order valence-corrected chi connectivity index (χ2v) is 7.54. The topological polar surface area (TPSA) is 35.6 Å². The predicted molar refractivity (Wildman–Crippen MR) is 106 cm³/mol. The van der Waals surface area contributed by atoms with Crippen LogP contribution in [-0.2, 0) is 0 Å². The molecule has 0 aromatic heterocycles. The van der Waals surface area contributed by atoms with Crippen molar-refractivity contribution in [2.75, 3.05) is 32.7 Å². The minimum Gasteiger partial charge on any atom is -0.360 e. The number of ketones is 1. The van der Waals surface area contributed by atoms with E-state index in [-0.39, 0.29) is 5.78 Å². The van der Waals surface area contributed by atoms with Crippen LogP contribution in [0.25, 0.3) is 0 Å². The summed E-state index contributed by atoms with van der Waals surface area (Å²) >= 11 is 5.61. The highest BCUT2D eigenvalue weighted by Crippen LogP contribution is 2.18. The first-order chi connectivity index (χ1) is 12.2. The maximum Gasteiger partial charge on any atom is 0.169 e. The van der Waals surface area contributed by atoms with Gasteiger partial charge in [-0.3, -0.25) is 9.69 Å². The van der Waals surface area contributed by atoms with Gasteiger partial charge in [-0.25, -0.2) is 0 Å². The summed E-state index contributed by atoms with van der Waals surface area (Å²) in [5.74, 6) is 0.234. The maximum atomic E-state index is 12.2. The third kappa shape index (κ3) is 5.51. The van der Waals surface area contributed by atoms with E-state index in [2.05, 4.69) is 15.1 Å². The summed E-state index contributed by atoms with van der Waals surface area (Å²) < 4.78 is 0. The van der Waals surface area contributed by atoms with E-state index >= 15 is 0 Å². The highest BCUT2D eigenvalue weighted by atomic mass is 32.1. The van der Waals surface area contributed by atoms with Crippen molar-refractivity contribution < 1.29 is 4.79 Å². The Bertz CT molecular complexity index is 564. The van der Waals surface area contributed by atoms with Gasteiger partial charge in [-0.05, 0) is 25.1 Å². The second-order valence-electron chi connectivity index (χ2n) is 7.15. The summed E-state index contributed by atoms with van der Waals surface area (Å²) in [6.07, 6.45) is 7.11. The van der Waals surface area contributed by atoms with Crippen LogP contribution < -0.4 is 5.32 Å². The van der Waals surface area contributed by atoms with Crippen LogP contribution in [-0.4, -0.2) is 59.5 Å². The van der Waals surface area contributed by atoms with Crippen LogP contribution in [0.2, 0.25) is 0 Å². The number of Topliss-reactive ketones (excluding diaryl/α,β-unsaturated/α-hetero) is 1. The average molecular weight is 360 g/mol. The fourth-order valence-electron chi connectivity index (χ4n) is 3.72. The number of piperazine rings is 1. The molecule has 1 aromatic carbocycles. The summed E-state index contributed by atoms with van der Waals surface area (Å²) in [6.45, 7) is 4.71. The molecule has 3 rings (SSSR count). The summed E-state index contributed by atoms with van der Waals surface area (Å²) in [5, 5.41) is 4.48. The molecular formula is C20H29N3OS. The number of benzene rings is 1. The lowest BCUT2D eigenvalue weighted by molar-refractivity contribution is 0.0950. The molecule has 25 heavy (non-hydrogen) atoms. The van der Waals surface area contributed by atoms with Gasteiger partial charge in [0.25, 0.3) is 0 Å². The van der Waals surface area contributed by atoms with E-state index in [9.17, 15) is 4.79 Å². The standard InChI is InChI=1S/C20H29N3OS/c24-19(17-7-3-1-4-8-17)11-12-22-13-15-23(16-14-22)20(25)21-18-9-5-2-6-10-18/h1,3-4,7-8,18H,2,5-6,9-16H2,(H,21,25). The van der Waals surface area contributed by atoms with E-state index < -0.39 is 0 Å². The number of carbonyl (C=O) groups excluding carboxylic acids is 1. The minimum absolute atomic E-state index is 0.234. The van der Waals surface area contributed by atoms with Gasteiger partial charge in [0.1, 0.15) is 0 Å². The molecule has 1 saturated heterocycles. The molecule has 5 heteroatoms. The molecule has 1 aliphatic heterocycles. The molecule has 1 aliphatic carbocycles. The van der Waals surface area contributed by atoms with Crippen LogP contribution in [0.3, 0.4) is 0 Å². The first kappa shape index (κ1) is 18.3. The molecule has 1 aromatic rings. The Kier molecular flexibility index (Phi) is 6.82. The highest BCUT2D eigenvalue weighted by molar-refractivity contribution is 7.80. The van der Waals surface area contributed by atoms with Crippen LogP contribution in [0, 0.1) is 0 Å². The van der Waals surface area contributed by atoms with Crippen molar-refractivity contribution in [3.63, 3.8) is 0 Å². The summed E-state index contributed by atoms with van der Waals surface area (Å²) in [4.78, 5) is 16.9. The van der Waals surface area contributed by atoms with E-state index in [4.69, 9.17) is 12.2 Å². The molecular weight excluding hydrogens is 330 g/mol. The molecule has 0 spiro atoms. The maximum absolute atomic E-state index is 12.2. The molecule has 2 fully saturated rings. The van der Waals surface area contributed by atoms with Gasteiger partial charge in [0, 0.05) is 50.7 Å². The molecule has 1 heterocycles. The first-order valence-corrected chi connectivity index (χ1v) is 9.99. The van der Waals surface area contributed by atoms with Crippen LogP contribution in [0.15, 0.2) is 30.3 Å². The quantitative estimate of drug-likeness (QED) is 0.646. The molecule has 0 amide bonds. The number of carbonyl (C=O) groups is 1. The molecule has 136 valence electrons. The van der Waals surface area contributed by atoms with Gasteiger partial charge in [0.2, 0.25) is 0 Å². The molecule has 4 nitrogen and oxygen atoms in total. The Balaban J connectivity index is 1.36. The van der Waals surface area contributed by atoms with Crippen molar-refractivity contribution in [1.29, 1.82) is 0 Å². The van der Waals surface area contributed by atoms with Crippen LogP contribution in [0.4, 0.5) is 0 Å². The lowest BCUT2D eigenvalue weighted by atomic mass is 9.96.